The van der Waals surface area contributed by atoms with E-state index in [0.29, 0.717) is 0 Å². The minimum absolute atomic E-state index is 1.03. The Hall–Kier alpha value is -0.260. The van der Waals surface area contributed by atoms with Crippen LogP contribution in [0.15, 0.2) is 11.6 Å². The summed E-state index contributed by atoms with van der Waals surface area (Å²) in [7, 11) is 0. The number of rotatable bonds is 3. The largest absolute Gasteiger partial charge is 0.0859 e. The second-order valence-corrected chi connectivity index (χ2v) is 3.83. The predicted molar refractivity (Wildman–Crippen MR) is 45.9 cm³/mol. The SMILES string of the molecule is CC(C)=CCCC1CC1C. The van der Waals surface area contributed by atoms with Crippen molar-refractivity contribution >= 4 is 0 Å². The first kappa shape index (κ1) is 7.84. The van der Waals surface area contributed by atoms with Crippen molar-refractivity contribution in [2.24, 2.45) is 11.8 Å². The molecule has 0 aromatic rings. The fraction of sp³-hybridized carbons (Fsp3) is 0.800. The summed E-state index contributed by atoms with van der Waals surface area (Å²) in [4.78, 5) is 0. The Labute approximate surface area is 64.3 Å². The molecule has 1 aliphatic carbocycles. The van der Waals surface area contributed by atoms with Gasteiger partial charge >= 0.3 is 0 Å². The quantitative estimate of drug-likeness (QED) is 0.524. The highest BCUT2D eigenvalue weighted by molar-refractivity contribution is 4.94. The first-order valence-electron chi connectivity index (χ1n) is 4.33. The predicted octanol–water partition coefficient (Wildman–Crippen LogP) is 3.39. The van der Waals surface area contributed by atoms with E-state index in [1.807, 2.05) is 0 Å². The fourth-order valence-electron chi connectivity index (χ4n) is 1.39. The van der Waals surface area contributed by atoms with E-state index in [-0.39, 0.29) is 0 Å². The molecule has 58 valence electrons. The molecule has 10 heavy (non-hydrogen) atoms. The van der Waals surface area contributed by atoms with Crippen LogP contribution in [0.25, 0.3) is 0 Å². The molecular formula is C10H18. The molecule has 0 aromatic carbocycles. The van der Waals surface area contributed by atoms with Crippen molar-refractivity contribution in [3.8, 4) is 0 Å². The van der Waals surface area contributed by atoms with Gasteiger partial charge in [0.15, 0.2) is 0 Å². The highest BCUT2D eigenvalue weighted by atomic mass is 14.4. The van der Waals surface area contributed by atoms with Crippen LogP contribution in [0.1, 0.15) is 40.0 Å². The zero-order valence-corrected chi connectivity index (χ0v) is 7.35. The standard InChI is InChI=1S/C10H18/c1-8(2)5-4-6-10-7-9(10)3/h5,9-10H,4,6-7H2,1-3H3. The molecule has 0 aromatic heterocycles. The highest BCUT2D eigenvalue weighted by Crippen LogP contribution is 2.41. The van der Waals surface area contributed by atoms with Gasteiger partial charge in [0.1, 0.15) is 0 Å². The van der Waals surface area contributed by atoms with Crippen LogP contribution >= 0.6 is 0 Å². The van der Waals surface area contributed by atoms with Gasteiger partial charge in [-0.15, -0.1) is 0 Å². The molecule has 2 unspecified atom stereocenters. The van der Waals surface area contributed by atoms with Gasteiger partial charge < -0.3 is 0 Å². The van der Waals surface area contributed by atoms with E-state index < -0.39 is 0 Å². The average molecular weight is 138 g/mol. The molecule has 1 saturated carbocycles. The maximum Gasteiger partial charge on any atom is -0.0346 e. The first-order valence-corrected chi connectivity index (χ1v) is 4.33. The van der Waals surface area contributed by atoms with Crippen LogP contribution in [0, 0.1) is 11.8 Å². The van der Waals surface area contributed by atoms with Crippen LogP contribution in [0.2, 0.25) is 0 Å². The molecule has 0 heteroatoms. The first-order chi connectivity index (χ1) is 4.70. The Morgan fingerprint density at radius 3 is 2.50 bits per heavy atom. The van der Waals surface area contributed by atoms with Crippen molar-refractivity contribution in [1.82, 2.24) is 0 Å². The van der Waals surface area contributed by atoms with Gasteiger partial charge in [0.05, 0.1) is 0 Å². The fourth-order valence-corrected chi connectivity index (χ4v) is 1.39. The van der Waals surface area contributed by atoms with Crippen molar-refractivity contribution in [2.75, 3.05) is 0 Å². The number of allylic oxidation sites excluding steroid dienone is 2. The van der Waals surface area contributed by atoms with E-state index in [0.717, 1.165) is 11.8 Å². The molecule has 2 atom stereocenters. The Kier molecular flexibility index (Phi) is 2.53. The number of hydrogen-bond acceptors (Lipinski definition) is 0. The van der Waals surface area contributed by atoms with Gasteiger partial charge in [0, 0.05) is 0 Å². The lowest BCUT2D eigenvalue weighted by Crippen LogP contribution is -1.77. The second kappa shape index (κ2) is 3.23. The zero-order chi connectivity index (χ0) is 7.56. The van der Waals surface area contributed by atoms with Gasteiger partial charge in [-0.3, -0.25) is 0 Å². The average Bonchev–Trinajstić information content (AvgIpc) is 2.46. The maximum atomic E-state index is 2.35. The molecular weight excluding hydrogens is 120 g/mol. The minimum Gasteiger partial charge on any atom is -0.0859 e. The Morgan fingerprint density at radius 2 is 2.10 bits per heavy atom. The van der Waals surface area contributed by atoms with Crippen LogP contribution in [-0.4, -0.2) is 0 Å². The highest BCUT2D eigenvalue weighted by Gasteiger charge is 2.30. The molecule has 0 saturated heterocycles. The summed E-state index contributed by atoms with van der Waals surface area (Å²) in [6.45, 7) is 6.71. The van der Waals surface area contributed by atoms with Gasteiger partial charge in [0.2, 0.25) is 0 Å². The summed E-state index contributed by atoms with van der Waals surface area (Å²) in [5, 5.41) is 0. The summed E-state index contributed by atoms with van der Waals surface area (Å²) in [5.74, 6) is 2.10. The molecule has 0 nitrogen and oxygen atoms in total. The molecule has 1 aliphatic rings. The molecule has 1 rings (SSSR count). The van der Waals surface area contributed by atoms with Crippen LogP contribution < -0.4 is 0 Å². The van der Waals surface area contributed by atoms with Crippen molar-refractivity contribution in [2.45, 2.75) is 40.0 Å². The Morgan fingerprint density at radius 1 is 1.50 bits per heavy atom. The van der Waals surface area contributed by atoms with Crippen molar-refractivity contribution in [1.29, 1.82) is 0 Å². The lowest BCUT2D eigenvalue weighted by Gasteiger charge is -1.92. The van der Waals surface area contributed by atoms with E-state index in [1.165, 1.54) is 24.8 Å². The van der Waals surface area contributed by atoms with Gasteiger partial charge in [-0.25, -0.2) is 0 Å². The van der Waals surface area contributed by atoms with Gasteiger partial charge in [-0.1, -0.05) is 18.6 Å². The lowest BCUT2D eigenvalue weighted by atomic mass is 10.1. The number of hydrogen-bond donors (Lipinski definition) is 0. The smallest absolute Gasteiger partial charge is 0.0346 e. The summed E-state index contributed by atoms with van der Waals surface area (Å²) in [6, 6.07) is 0. The topological polar surface area (TPSA) is 0 Å². The summed E-state index contributed by atoms with van der Waals surface area (Å²) in [5.41, 5.74) is 1.47. The van der Waals surface area contributed by atoms with E-state index in [1.54, 1.807) is 0 Å². The van der Waals surface area contributed by atoms with E-state index in [9.17, 15) is 0 Å². The molecule has 0 bridgehead atoms. The molecule has 0 aliphatic heterocycles. The second-order valence-electron chi connectivity index (χ2n) is 3.83. The lowest BCUT2D eigenvalue weighted by molar-refractivity contribution is 0.682. The van der Waals surface area contributed by atoms with Crippen LogP contribution in [-0.2, 0) is 0 Å². The van der Waals surface area contributed by atoms with Crippen LogP contribution in [0.3, 0.4) is 0 Å². The molecule has 0 radical (unpaired) electrons. The zero-order valence-electron chi connectivity index (χ0n) is 7.35. The van der Waals surface area contributed by atoms with Gasteiger partial charge in [-0.2, -0.15) is 0 Å². The van der Waals surface area contributed by atoms with Gasteiger partial charge in [0.25, 0.3) is 0 Å². The normalized spacial score (nSPS) is 29.9. The van der Waals surface area contributed by atoms with Crippen molar-refractivity contribution < 1.29 is 0 Å². The van der Waals surface area contributed by atoms with E-state index in [2.05, 4.69) is 26.8 Å². The molecule has 1 fully saturated rings. The summed E-state index contributed by atoms with van der Waals surface area (Å²) in [6.07, 6.45) is 6.56. The minimum atomic E-state index is 1.03. The van der Waals surface area contributed by atoms with Crippen LogP contribution in [0.4, 0.5) is 0 Å². The third-order valence-corrected chi connectivity index (χ3v) is 2.37. The van der Waals surface area contributed by atoms with Gasteiger partial charge in [-0.05, 0) is 44.9 Å². The molecule has 0 N–H and O–H groups in total. The Bertz CT molecular complexity index is 129. The molecule has 0 heterocycles. The van der Waals surface area contributed by atoms with Crippen molar-refractivity contribution in [3.05, 3.63) is 11.6 Å². The Balaban J connectivity index is 2.01. The third-order valence-electron chi connectivity index (χ3n) is 2.37. The van der Waals surface area contributed by atoms with Crippen LogP contribution in [0.5, 0.6) is 0 Å². The summed E-state index contributed by atoms with van der Waals surface area (Å²) < 4.78 is 0. The van der Waals surface area contributed by atoms with Crippen molar-refractivity contribution in [3.63, 3.8) is 0 Å². The monoisotopic (exact) mass is 138 g/mol. The summed E-state index contributed by atoms with van der Waals surface area (Å²) >= 11 is 0. The maximum absolute atomic E-state index is 2.35. The molecule has 0 spiro atoms. The van der Waals surface area contributed by atoms with E-state index >= 15 is 0 Å². The molecule has 0 amide bonds. The third kappa shape index (κ3) is 2.55. The van der Waals surface area contributed by atoms with E-state index in [4.69, 9.17) is 0 Å².